The lowest BCUT2D eigenvalue weighted by Crippen LogP contribution is -2.56. The maximum absolute atomic E-state index is 5.53. The van der Waals surface area contributed by atoms with Crippen molar-refractivity contribution in [3.63, 3.8) is 0 Å². The Morgan fingerprint density at radius 3 is 2.73 bits per heavy atom. The molecule has 3 nitrogen and oxygen atoms in total. The van der Waals surface area contributed by atoms with Gasteiger partial charge in [0.2, 0.25) is 0 Å². The average molecular weight is 214 g/mol. The third-order valence-corrected chi connectivity index (χ3v) is 3.30. The SMILES string of the molecule is CCCC(CN1CCOCC1(C)C)NC. The van der Waals surface area contributed by atoms with Gasteiger partial charge in [-0.1, -0.05) is 13.3 Å². The van der Waals surface area contributed by atoms with E-state index in [0.717, 1.165) is 26.3 Å². The maximum Gasteiger partial charge on any atom is 0.0645 e. The largest absolute Gasteiger partial charge is 0.378 e. The lowest BCUT2D eigenvalue weighted by atomic mass is 10.0. The van der Waals surface area contributed by atoms with E-state index in [1.165, 1.54) is 12.8 Å². The van der Waals surface area contributed by atoms with E-state index >= 15 is 0 Å². The summed E-state index contributed by atoms with van der Waals surface area (Å²) in [5.74, 6) is 0. The molecular weight excluding hydrogens is 188 g/mol. The Bertz CT molecular complexity index is 182. The summed E-state index contributed by atoms with van der Waals surface area (Å²) in [6.07, 6.45) is 2.50. The molecule has 0 amide bonds. The van der Waals surface area contributed by atoms with Gasteiger partial charge in [0.05, 0.1) is 13.2 Å². The fourth-order valence-corrected chi connectivity index (χ4v) is 2.17. The maximum atomic E-state index is 5.53. The number of hydrogen-bond donors (Lipinski definition) is 1. The summed E-state index contributed by atoms with van der Waals surface area (Å²) in [5, 5.41) is 3.41. The van der Waals surface area contributed by atoms with Crippen LogP contribution < -0.4 is 5.32 Å². The average Bonchev–Trinajstić information content (AvgIpc) is 2.20. The summed E-state index contributed by atoms with van der Waals surface area (Å²) in [6, 6.07) is 0.618. The van der Waals surface area contributed by atoms with Gasteiger partial charge in [-0.15, -0.1) is 0 Å². The highest BCUT2D eigenvalue weighted by molar-refractivity contribution is 4.86. The molecule has 0 radical (unpaired) electrons. The van der Waals surface area contributed by atoms with Crippen molar-refractivity contribution < 1.29 is 4.74 Å². The van der Waals surface area contributed by atoms with Gasteiger partial charge in [-0.3, -0.25) is 4.90 Å². The normalized spacial score (nSPS) is 24.0. The van der Waals surface area contributed by atoms with Crippen LogP contribution in [0.4, 0.5) is 0 Å². The Balaban J connectivity index is 2.46. The van der Waals surface area contributed by atoms with E-state index in [9.17, 15) is 0 Å². The van der Waals surface area contributed by atoms with Crippen molar-refractivity contribution in [3.05, 3.63) is 0 Å². The van der Waals surface area contributed by atoms with Crippen LogP contribution in [0.1, 0.15) is 33.6 Å². The standard InChI is InChI=1S/C12H26N2O/c1-5-6-11(13-4)9-14-7-8-15-10-12(14,2)3/h11,13H,5-10H2,1-4H3. The van der Waals surface area contributed by atoms with Crippen LogP contribution in [0.25, 0.3) is 0 Å². The predicted octanol–water partition coefficient (Wildman–Crippen LogP) is 1.49. The molecule has 1 N–H and O–H groups in total. The molecule has 1 aliphatic rings. The van der Waals surface area contributed by atoms with Gasteiger partial charge in [0.25, 0.3) is 0 Å². The van der Waals surface area contributed by atoms with Crippen LogP contribution >= 0.6 is 0 Å². The van der Waals surface area contributed by atoms with Gasteiger partial charge in [0.15, 0.2) is 0 Å². The van der Waals surface area contributed by atoms with Gasteiger partial charge in [0.1, 0.15) is 0 Å². The first kappa shape index (κ1) is 12.9. The van der Waals surface area contributed by atoms with Gasteiger partial charge in [0, 0.05) is 24.7 Å². The third-order valence-electron chi connectivity index (χ3n) is 3.30. The van der Waals surface area contributed by atoms with Crippen molar-refractivity contribution in [1.82, 2.24) is 10.2 Å². The second-order valence-electron chi connectivity index (χ2n) is 5.09. The Morgan fingerprint density at radius 2 is 2.20 bits per heavy atom. The number of morpholine rings is 1. The molecule has 1 rings (SSSR count). The van der Waals surface area contributed by atoms with E-state index in [0.29, 0.717) is 6.04 Å². The van der Waals surface area contributed by atoms with Crippen LogP contribution in [0.5, 0.6) is 0 Å². The molecule has 0 aromatic carbocycles. The second-order valence-corrected chi connectivity index (χ2v) is 5.09. The van der Waals surface area contributed by atoms with Crippen molar-refractivity contribution in [2.24, 2.45) is 0 Å². The van der Waals surface area contributed by atoms with E-state index < -0.39 is 0 Å². The first-order valence-electron chi connectivity index (χ1n) is 6.10. The zero-order valence-corrected chi connectivity index (χ0v) is 10.7. The Kier molecular flexibility index (Phi) is 5.03. The minimum absolute atomic E-state index is 0.196. The van der Waals surface area contributed by atoms with Crippen molar-refractivity contribution >= 4 is 0 Å². The molecule has 1 unspecified atom stereocenters. The highest BCUT2D eigenvalue weighted by atomic mass is 16.5. The van der Waals surface area contributed by atoms with Crippen LogP contribution in [0, 0.1) is 0 Å². The molecule has 15 heavy (non-hydrogen) atoms. The molecule has 0 aromatic heterocycles. The number of nitrogens with one attached hydrogen (secondary N) is 1. The van der Waals surface area contributed by atoms with E-state index in [-0.39, 0.29) is 5.54 Å². The summed E-state index contributed by atoms with van der Waals surface area (Å²) in [6.45, 7) is 10.7. The van der Waals surface area contributed by atoms with E-state index in [1.807, 2.05) is 0 Å². The number of nitrogens with zero attached hydrogens (tertiary/aromatic N) is 1. The second kappa shape index (κ2) is 5.83. The Morgan fingerprint density at radius 1 is 1.47 bits per heavy atom. The van der Waals surface area contributed by atoms with Gasteiger partial charge < -0.3 is 10.1 Å². The quantitative estimate of drug-likeness (QED) is 0.750. The summed E-state index contributed by atoms with van der Waals surface area (Å²) in [7, 11) is 2.06. The molecule has 3 heteroatoms. The summed E-state index contributed by atoms with van der Waals surface area (Å²) >= 11 is 0. The van der Waals surface area contributed by atoms with Crippen molar-refractivity contribution in [2.45, 2.75) is 45.2 Å². The van der Waals surface area contributed by atoms with Gasteiger partial charge in [-0.05, 0) is 27.3 Å². The summed E-state index contributed by atoms with van der Waals surface area (Å²) < 4.78 is 5.53. The van der Waals surface area contributed by atoms with Crippen LogP contribution in [0.3, 0.4) is 0 Å². The molecule has 0 aliphatic carbocycles. The molecule has 0 bridgehead atoms. The van der Waals surface area contributed by atoms with Crippen molar-refractivity contribution in [1.29, 1.82) is 0 Å². The molecule has 0 aromatic rings. The molecule has 1 saturated heterocycles. The highest BCUT2D eigenvalue weighted by Crippen LogP contribution is 2.19. The van der Waals surface area contributed by atoms with Gasteiger partial charge in [-0.2, -0.15) is 0 Å². The number of hydrogen-bond acceptors (Lipinski definition) is 3. The van der Waals surface area contributed by atoms with Crippen LogP contribution in [-0.4, -0.2) is 49.8 Å². The fourth-order valence-electron chi connectivity index (χ4n) is 2.17. The van der Waals surface area contributed by atoms with Gasteiger partial charge in [-0.25, -0.2) is 0 Å². The number of likely N-dealkylation sites (N-methyl/N-ethyl adjacent to an activating group) is 1. The predicted molar refractivity (Wildman–Crippen MR) is 64.2 cm³/mol. The van der Waals surface area contributed by atoms with E-state index in [1.54, 1.807) is 0 Å². The Hall–Kier alpha value is -0.120. The summed E-state index contributed by atoms with van der Waals surface area (Å²) in [4.78, 5) is 2.55. The first-order chi connectivity index (χ1) is 7.10. The molecule has 1 atom stereocenters. The number of ether oxygens (including phenoxy) is 1. The lowest BCUT2D eigenvalue weighted by molar-refractivity contribution is -0.0544. The number of rotatable bonds is 5. The molecule has 90 valence electrons. The zero-order chi connectivity index (χ0) is 11.3. The first-order valence-corrected chi connectivity index (χ1v) is 6.10. The van der Waals surface area contributed by atoms with Crippen molar-refractivity contribution in [3.8, 4) is 0 Å². The molecule has 1 heterocycles. The monoisotopic (exact) mass is 214 g/mol. The zero-order valence-electron chi connectivity index (χ0n) is 10.7. The molecular formula is C12H26N2O. The minimum Gasteiger partial charge on any atom is -0.378 e. The van der Waals surface area contributed by atoms with E-state index in [2.05, 4.69) is 38.0 Å². The lowest BCUT2D eigenvalue weighted by Gasteiger charge is -2.43. The molecule has 1 aliphatic heterocycles. The highest BCUT2D eigenvalue weighted by Gasteiger charge is 2.31. The van der Waals surface area contributed by atoms with Gasteiger partial charge >= 0.3 is 0 Å². The van der Waals surface area contributed by atoms with Crippen molar-refractivity contribution in [2.75, 3.05) is 33.4 Å². The molecule has 0 saturated carbocycles. The van der Waals surface area contributed by atoms with Crippen LogP contribution in [0.2, 0.25) is 0 Å². The van der Waals surface area contributed by atoms with E-state index in [4.69, 9.17) is 4.74 Å². The Labute approximate surface area is 94.2 Å². The third kappa shape index (κ3) is 3.74. The van der Waals surface area contributed by atoms with Crippen LogP contribution in [0.15, 0.2) is 0 Å². The summed E-state index contributed by atoms with van der Waals surface area (Å²) in [5.41, 5.74) is 0.196. The minimum atomic E-state index is 0.196. The topological polar surface area (TPSA) is 24.5 Å². The van der Waals surface area contributed by atoms with Crippen LogP contribution in [-0.2, 0) is 4.74 Å². The molecule has 1 fully saturated rings. The molecule has 0 spiro atoms. The smallest absolute Gasteiger partial charge is 0.0645 e. The fraction of sp³-hybridized carbons (Fsp3) is 1.00.